The Bertz CT molecular complexity index is 298. The number of amides is 1. The van der Waals surface area contributed by atoms with E-state index < -0.39 is 11.5 Å². The molecule has 1 saturated heterocycles. The van der Waals surface area contributed by atoms with E-state index in [1.807, 2.05) is 20.8 Å². The molecule has 4 nitrogen and oxygen atoms in total. The van der Waals surface area contributed by atoms with Gasteiger partial charge in [-0.2, -0.15) is 11.8 Å². The zero-order valence-corrected chi connectivity index (χ0v) is 11.5. The molecular weight excluding hydrogens is 238 g/mol. The monoisotopic (exact) mass is 259 g/mol. The van der Waals surface area contributed by atoms with Crippen molar-refractivity contribution in [3.8, 4) is 0 Å². The van der Waals surface area contributed by atoms with Gasteiger partial charge >= 0.3 is 5.97 Å². The van der Waals surface area contributed by atoms with Crippen LogP contribution in [0.1, 0.15) is 33.6 Å². The molecule has 0 aliphatic carbocycles. The highest BCUT2D eigenvalue weighted by Crippen LogP contribution is 2.28. The molecule has 0 aromatic carbocycles. The molecule has 0 aromatic heterocycles. The lowest BCUT2D eigenvalue weighted by molar-refractivity contribution is -0.149. The fraction of sp³-hybridized carbons (Fsp3) is 0.833. The molecule has 2 N–H and O–H groups in total. The molecule has 0 radical (unpaired) electrons. The second kappa shape index (κ2) is 5.76. The number of rotatable bonds is 4. The zero-order valence-electron chi connectivity index (χ0n) is 10.7. The van der Waals surface area contributed by atoms with E-state index >= 15 is 0 Å². The number of hydrogen-bond acceptors (Lipinski definition) is 3. The van der Waals surface area contributed by atoms with Crippen molar-refractivity contribution in [3.63, 3.8) is 0 Å². The molecule has 1 aliphatic rings. The molecule has 1 aliphatic heterocycles. The van der Waals surface area contributed by atoms with Crippen LogP contribution in [0, 0.1) is 11.8 Å². The van der Waals surface area contributed by atoms with Crippen molar-refractivity contribution in [2.45, 2.75) is 39.2 Å². The van der Waals surface area contributed by atoms with Gasteiger partial charge in [-0.3, -0.25) is 4.79 Å². The van der Waals surface area contributed by atoms with Crippen LogP contribution < -0.4 is 5.32 Å². The molecule has 5 heteroatoms. The molecule has 1 unspecified atom stereocenters. The summed E-state index contributed by atoms with van der Waals surface area (Å²) >= 11 is 1.74. The predicted molar refractivity (Wildman–Crippen MR) is 69.1 cm³/mol. The van der Waals surface area contributed by atoms with Gasteiger partial charge in [-0.05, 0) is 30.3 Å². The minimum absolute atomic E-state index is 0.144. The first-order valence-electron chi connectivity index (χ1n) is 6.02. The Balaban J connectivity index is 2.73. The van der Waals surface area contributed by atoms with Crippen molar-refractivity contribution in [1.29, 1.82) is 0 Å². The van der Waals surface area contributed by atoms with Gasteiger partial charge in [0.1, 0.15) is 5.54 Å². The Hall–Kier alpha value is -0.710. The molecule has 1 rings (SSSR count). The first kappa shape index (κ1) is 14.4. The topological polar surface area (TPSA) is 66.4 Å². The Labute approximate surface area is 107 Å². The van der Waals surface area contributed by atoms with Crippen molar-refractivity contribution in [1.82, 2.24) is 5.32 Å². The third kappa shape index (κ3) is 3.37. The Morgan fingerprint density at radius 1 is 1.24 bits per heavy atom. The van der Waals surface area contributed by atoms with Gasteiger partial charge in [-0.1, -0.05) is 20.8 Å². The summed E-state index contributed by atoms with van der Waals surface area (Å²) in [7, 11) is 0. The van der Waals surface area contributed by atoms with Crippen LogP contribution >= 0.6 is 11.8 Å². The van der Waals surface area contributed by atoms with E-state index in [1.165, 1.54) is 0 Å². The number of thioether (sulfide) groups is 1. The van der Waals surface area contributed by atoms with Crippen LogP contribution in [0.3, 0.4) is 0 Å². The average molecular weight is 259 g/mol. The van der Waals surface area contributed by atoms with Gasteiger partial charge in [-0.15, -0.1) is 0 Å². The highest BCUT2D eigenvalue weighted by atomic mass is 32.2. The molecule has 17 heavy (non-hydrogen) atoms. The molecule has 98 valence electrons. The van der Waals surface area contributed by atoms with E-state index in [0.29, 0.717) is 12.8 Å². The third-order valence-electron chi connectivity index (χ3n) is 3.53. The summed E-state index contributed by atoms with van der Waals surface area (Å²) in [5.74, 6) is 0.613. The average Bonchev–Trinajstić information content (AvgIpc) is 2.28. The number of hydrogen-bond donors (Lipinski definition) is 2. The van der Waals surface area contributed by atoms with Crippen molar-refractivity contribution in [3.05, 3.63) is 0 Å². The molecule has 0 spiro atoms. The maximum atomic E-state index is 12.0. The maximum absolute atomic E-state index is 12.0. The van der Waals surface area contributed by atoms with Crippen LogP contribution in [0.5, 0.6) is 0 Å². The summed E-state index contributed by atoms with van der Waals surface area (Å²) in [6.45, 7) is 5.77. The predicted octanol–water partition coefficient (Wildman–Crippen LogP) is 1.75. The molecule has 0 saturated carbocycles. The van der Waals surface area contributed by atoms with E-state index in [9.17, 15) is 14.7 Å². The first-order chi connectivity index (χ1) is 7.89. The molecule has 0 aromatic rings. The van der Waals surface area contributed by atoms with Crippen molar-refractivity contribution in [2.24, 2.45) is 11.8 Å². The maximum Gasteiger partial charge on any atom is 0.329 e. The fourth-order valence-electron chi connectivity index (χ4n) is 1.76. The van der Waals surface area contributed by atoms with E-state index in [0.717, 1.165) is 11.5 Å². The largest absolute Gasteiger partial charge is 0.480 e. The van der Waals surface area contributed by atoms with Crippen LogP contribution in [-0.2, 0) is 9.59 Å². The van der Waals surface area contributed by atoms with Crippen molar-refractivity contribution in [2.75, 3.05) is 11.5 Å². The summed E-state index contributed by atoms with van der Waals surface area (Å²) in [6.07, 6.45) is 1.03. The van der Waals surface area contributed by atoms with E-state index in [4.69, 9.17) is 0 Å². The number of carboxylic acids is 1. The summed E-state index contributed by atoms with van der Waals surface area (Å²) in [5, 5.41) is 12.1. The van der Waals surface area contributed by atoms with Crippen molar-refractivity contribution >= 4 is 23.6 Å². The van der Waals surface area contributed by atoms with Gasteiger partial charge in [0.2, 0.25) is 5.91 Å². The number of aliphatic carboxylic acids is 1. The van der Waals surface area contributed by atoms with Crippen LogP contribution in [0.25, 0.3) is 0 Å². The molecule has 1 amide bonds. The van der Waals surface area contributed by atoms with Crippen LogP contribution in [0.2, 0.25) is 0 Å². The van der Waals surface area contributed by atoms with Gasteiger partial charge in [0.05, 0.1) is 0 Å². The lowest BCUT2D eigenvalue weighted by Crippen LogP contribution is -2.57. The lowest BCUT2D eigenvalue weighted by atomic mass is 9.89. The first-order valence-corrected chi connectivity index (χ1v) is 7.18. The van der Waals surface area contributed by atoms with Gasteiger partial charge in [0, 0.05) is 5.92 Å². The highest BCUT2D eigenvalue weighted by Gasteiger charge is 2.42. The molecule has 0 bridgehead atoms. The van der Waals surface area contributed by atoms with E-state index in [2.05, 4.69) is 5.32 Å². The number of nitrogens with one attached hydrogen (secondary N) is 1. The van der Waals surface area contributed by atoms with Crippen LogP contribution in [0.15, 0.2) is 0 Å². The molecule has 1 heterocycles. The smallest absolute Gasteiger partial charge is 0.329 e. The summed E-state index contributed by atoms with van der Waals surface area (Å²) < 4.78 is 0. The van der Waals surface area contributed by atoms with Crippen LogP contribution in [0.4, 0.5) is 0 Å². The number of carbonyl (C=O) groups is 2. The van der Waals surface area contributed by atoms with Gasteiger partial charge in [0.15, 0.2) is 0 Å². The van der Waals surface area contributed by atoms with E-state index in [1.54, 1.807) is 11.8 Å². The lowest BCUT2D eigenvalue weighted by Gasteiger charge is -2.35. The SMILES string of the molecule is CC(C)C(C)C(=O)NC1(C(=O)O)CCSCC1. The van der Waals surface area contributed by atoms with Gasteiger partial charge in [-0.25, -0.2) is 4.79 Å². The zero-order chi connectivity index (χ0) is 13.1. The van der Waals surface area contributed by atoms with Crippen molar-refractivity contribution < 1.29 is 14.7 Å². The van der Waals surface area contributed by atoms with Gasteiger partial charge < -0.3 is 10.4 Å². The Kier molecular flexibility index (Phi) is 4.86. The third-order valence-corrected chi connectivity index (χ3v) is 4.52. The highest BCUT2D eigenvalue weighted by molar-refractivity contribution is 7.99. The Morgan fingerprint density at radius 2 is 1.76 bits per heavy atom. The fourth-order valence-corrected chi connectivity index (χ4v) is 2.95. The molecule has 1 fully saturated rings. The minimum Gasteiger partial charge on any atom is -0.480 e. The number of carbonyl (C=O) groups excluding carboxylic acids is 1. The molecular formula is C12H21NO3S. The summed E-state index contributed by atoms with van der Waals surface area (Å²) in [6, 6.07) is 0. The second-order valence-electron chi connectivity index (χ2n) is 5.02. The second-order valence-corrected chi connectivity index (χ2v) is 6.25. The number of carboxylic acid groups (broad SMARTS) is 1. The normalized spacial score (nSPS) is 20.9. The quantitative estimate of drug-likeness (QED) is 0.807. The Morgan fingerprint density at radius 3 is 2.18 bits per heavy atom. The van der Waals surface area contributed by atoms with E-state index in [-0.39, 0.29) is 17.7 Å². The van der Waals surface area contributed by atoms with Crippen LogP contribution in [-0.4, -0.2) is 34.0 Å². The summed E-state index contributed by atoms with van der Waals surface area (Å²) in [5.41, 5.74) is -1.04. The standard InChI is InChI=1S/C12H21NO3S/c1-8(2)9(3)10(14)13-12(11(15)16)4-6-17-7-5-12/h8-9H,4-7H2,1-3H3,(H,13,14)(H,15,16). The molecule has 1 atom stereocenters. The summed E-state index contributed by atoms with van der Waals surface area (Å²) in [4.78, 5) is 23.4. The van der Waals surface area contributed by atoms with Gasteiger partial charge in [0.25, 0.3) is 0 Å². The minimum atomic E-state index is -1.04.